The van der Waals surface area contributed by atoms with Gasteiger partial charge in [-0.15, -0.1) is 0 Å². The summed E-state index contributed by atoms with van der Waals surface area (Å²) in [6, 6.07) is 5.08. The first-order valence-electron chi connectivity index (χ1n) is 6.74. The van der Waals surface area contributed by atoms with Crippen LogP contribution >= 0.6 is 0 Å². The maximum Gasteiger partial charge on any atom is 0.292 e. The molecule has 2 rings (SSSR count). The van der Waals surface area contributed by atoms with Crippen molar-refractivity contribution >= 4 is 11.4 Å². The molecule has 0 heterocycles. The number of rotatable bonds is 6. The van der Waals surface area contributed by atoms with E-state index in [1.165, 1.54) is 31.7 Å². The minimum Gasteiger partial charge on any atom is -0.382 e. The van der Waals surface area contributed by atoms with Crippen molar-refractivity contribution in [3.8, 4) is 0 Å². The summed E-state index contributed by atoms with van der Waals surface area (Å²) in [4.78, 5) is 10.6. The molecule has 1 fully saturated rings. The van der Waals surface area contributed by atoms with Gasteiger partial charge in [0, 0.05) is 25.3 Å². The van der Waals surface area contributed by atoms with E-state index in [1.807, 2.05) is 6.07 Å². The Hall–Kier alpha value is -1.62. The third-order valence-electron chi connectivity index (χ3n) is 3.66. The number of para-hydroxylation sites is 1. The van der Waals surface area contributed by atoms with Gasteiger partial charge in [-0.05, 0) is 18.8 Å². The van der Waals surface area contributed by atoms with Gasteiger partial charge in [0.25, 0.3) is 5.69 Å². The molecule has 0 spiro atoms. The van der Waals surface area contributed by atoms with Gasteiger partial charge in [0.1, 0.15) is 5.69 Å². The SMILES string of the molecule is CNc1c(COCC2CCCC2)cccc1[N+](=O)[O-]. The number of hydrogen-bond acceptors (Lipinski definition) is 4. The Morgan fingerprint density at radius 2 is 2.16 bits per heavy atom. The average Bonchev–Trinajstić information content (AvgIpc) is 2.91. The monoisotopic (exact) mass is 264 g/mol. The van der Waals surface area contributed by atoms with Gasteiger partial charge < -0.3 is 10.1 Å². The number of ether oxygens (including phenoxy) is 1. The van der Waals surface area contributed by atoms with Crippen molar-refractivity contribution in [3.63, 3.8) is 0 Å². The van der Waals surface area contributed by atoms with Crippen molar-refractivity contribution in [2.45, 2.75) is 32.3 Å². The number of anilines is 1. The third kappa shape index (κ3) is 3.44. The van der Waals surface area contributed by atoms with E-state index in [1.54, 1.807) is 13.1 Å². The zero-order valence-electron chi connectivity index (χ0n) is 11.2. The van der Waals surface area contributed by atoms with E-state index in [0.29, 0.717) is 18.2 Å². The van der Waals surface area contributed by atoms with Gasteiger partial charge in [0.2, 0.25) is 0 Å². The van der Waals surface area contributed by atoms with Crippen LogP contribution in [0.2, 0.25) is 0 Å². The molecular formula is C14H20N2O3. The highest BCUT2D eigenvalue weighted by atomic mass is 16.6. The smallest absolute Gasteiger partial charge is 0.292 e. The first kappa shape index (κ1) is 13.8. The lowest BCUT2D eigenvalue weighted by atomic mass is 10.1. The molecule has 0 atom stereocenters. The highest BCUT2D eigenvalue weighted by Crippen LogP contribution is 2.29. The molecule has 1 aromatic rings. The van der Waals surface area contributed by atoms with E-state index in [9.17, 15) is 10.1 Å². The van der Waals surface area contributed by atoms with Gasteiger partial charge in [-0.1, -0.05) is 25.0 Å². The largest absolute Gasteiger partial charge is 0.382 e. The van der Waals surface area contributed by atoms with Crippen molar-refractivity contribution in [1.82, 2.24) is 0 Å². The quantitative estimate of drug-likeness (QED) is 0.632. The summed E-state index contributed by atoms with van der Waals surface area (Å²) in [5, 5.41) is 13.8. The van der Waals surface area contributed by atoms with E-state index in [-0.39, 0.29) is 10.6 Å². The van der Waals surface area contributed by atoms with Gasteiger partial charge in [0.15, 0.2) is 0 Å². The number of nitro benzene ring substituents is 1. The van der Waals surface area contributed by atoms with Crippen LogP contribution < -0.4 is 5.32 Å². The molecule has 104 valence electrons. The highest BCUT2D eigenvalue weighted by molar-refractivity contribution is 5.65. The zero-order chi connectivity index (χ0) is 13.7. The molecule has 0 unspecified atom stereocenters. The first-order chi connectivity index (χ1) is 9.22. The molecule has 5 nitrogen and oxygen atoms in total. The van der Waals surface area contributed by atoms with E-state index in [2.05, 4.69) is 5.32 Å². The molecule has 0 aromatic heterocycles. The second kappa shape index (κ2) is 6.52. The Morgan fingerprint density at radius 1 is 1.42 bits per heavy atom. The molecule has 0 saturated heterocycles. The number of nitro groups is 1. The zero-order valence-corrected chi connectivity index (χ0v) is 11.2. The van der Waals surface area contributed by atoms with Crippen molar-refractivity contribution in [3.05, 3.63) is 33.9 Å². The van der Waals surface area contributed by atoms with Crippen LogP contribution in [-0.4, -0.2) is 18.6 Å². The van der Waals surface area contributed by atoms with Crippen LogP contribution in [0.1, 0.15) is 31.2 Å². The van der Waals surface area contributed by atoms with E-state index in [0.717, 1.165) is 12.2 Å². The highest BCUT2D eigenvalue weighted by Gasteiger charge is 2.18. The number of nitrogens with one attached hydrogen (secondary N) is 1. The fraction of sp³-hybridized carbons (Fsp3) is 0.571. The molecule has 0 aliphatic heterocycles. The normalized spacial score (nSPS) is 15.6. The van der Waals surface area contributed by atoms with E-state index >= 15 is 0 Å². The third-order valence-corrected chi connectivity index (χ3v) is 3.66. The maximum absolute atomic E-state index is 10.9. The predicted octanol–water partition coefficient (Wildman–Crippen LogP) is 3.34. The summed E-state index contributed by atoms with van der Waals surface area (Å²) in [6.45, 7) is 1.18. The summed E-state index contributed by atoms with van der Waals surface area (Å²) in [5.41, 5.74) is 1.50. The fourth-order valence-electron chi connectivity index (χ4n) is 2.66. The minimum absolute atomic E-state index is 0.101. The summed E-state index contributed by atoms with van der Waals surface area (Å²) in [5.74, 6) is 0.664. The summed E-state index contributed by atoms with van der Waals surface area (Å²) in [6.07, 6.45) is 5.08. The molecule has 0 amide bonds. The standard InChI is InChI=1S/C14H20N2O3/c1-15-14-12(7-4-8-13(14)16(17)18)10-19-9-11-5-2-3-6-11/h4,7-8,11,15H,2-3,5-6,9-10H2,1H3. The van der Waals surface area contributed by atoms with Crippen molar-refractivity contribution in [1.29, 1.82) is 0 Å². The Morgan fingerprint density at radius 3 is 2.79 bits per heavy atom. The Bertz CT molecular complexity index is 442. The van der Waals surface area contributed by atoms with Crippen LogP contribution in [0.5, 0.6) is 0 Å². The van der Waals surface area contributed by atoms with Crippen molar-refractivity contribution < 1.29 is 9.66 Å². The molecule has 1 aromatic carbocycles. The predicted molar refractivity (Wildman–Crippen MR) is 74.3 cm³/mol. The van der Waals surface area contributed by atoms with Gasteiger partial charge in [-0.3, -0.25) is 10.1 Å². The molecule has 1 aliphatic carbocycles. The first-order valence-corrected chi connectivity index (χ1v) is 6.74. The van der Waals surface area contributed by atoms with Crippen LogP contribution in [0.15, 0.2) is 18.2 Å². The molecular weight excluding hydrogens is 244 g/mol. The molecule has 0 bridgehead atoms. The summed E-state index contributed by atoms with van der Waals surface area (Å²) in [7, 11) is 1.70. The summed E-state index contributed by atoms with van der Waals surface area (Å²) >= 11 is 0. The van der Waals surface area contributed by atoms with Crippen LogP contribution in [0.3, 0.4) is 0 Å². The van der Waals surface area contributed by atoms with Gasteiger partial charge >= 0.3 is 0 Å². The minimum atomic E-state index is -0.369. The van der Waals surface area contributed by atoms with E-state index < -0.39 is 0 Å². The van der Waals surface area contributed by atoms with Gasteiger partial charge in [-0.2, -0.15) is 0 Å². The number of hydrogen-bond donors (Lipinski definition) is 1. The lowest BCUT2D eigenvalue weighted by Gasteiger charge is -2.12. The molecule has 1 N–H and O–H groups in total. The summed E-state index contributed by atoms with van der Waals surface area (Å²) < 4.78 is 5.72. The second-order valence-electron chi connectivity index (χ2n) is 4.98. The molecule has 1 aliphatic rings. The average molecular weight is 264 g/mol. The van der Waals surface area contributed by atoms with Gasteiger partial charge in [-0.25, -0.2) is 0 Å². The fourth-order valence-corrected chi connectivity index (χ4v) is 2.66. The Labute approximate surface area is 113 Å². The van der Waals surface area contributed by atoms with Crippen LogP contribution in [0.25, 0.3) is 0 Å². The van der Waals surface area contributed by atoms with Crippen molar-refractivity contribution in [2.24, 2.45) is 5.92 Å². The van der Waals surface area contributed by atoms with E-state index in [4.69, 9.17) is 4.74 Å². The van der Waals surface area contributed by atoms with Crippen LogP contribution in [-0.2, 0) is 11.3 Å². The van der Waals surface area contributed by atoms with Gasteiger partial charge in [0.05, 0.1) is 11.5 Å². The van der Waals surface area contributed by atoms with Crippen LogP contribution in [0, 0.1) is 16.0 Å². The number of benzene rings is 1. The molecule has 1 saturated carbocycles. The van der Waals surface area contributed by atoms with Crippen molar-refractivity contribution in [2.75, 3.05) is 19.0 Å². The second-order valence-corrected chi connectivity index (χ2v) is 4.98. The lowest BCUT2D eigenvalue weighted by molar-refractivity contribution is -0.384. The molecule has 19 heavy (non-hydrogen) atoms. The number of nitrogens with zero attached hydrogens (tertiary/aromatic N) is 1. The maximum atomic E-state index is 10.9. The molecule has 5 heteroatoms. The molecule has 0 radical (unpaired) electrons. The topological polar surface area (TPSA) is 64.4 Å². The van der Waals surface area contributed by atoms with Crippen LogP contribution in [0.4, 0.5) is 11.4 Å². The Kier molecular flexibility index (Phi) is 4.74. The lowest BCUT2D eigenvalue weighted by Crippen LogP contribution is -2.07. The Balaban J connectivity index is 1.98.